The summed E-state index contributed by atoms with van der Waals surface area (Å²) in [4.78, 5) is 39.7. The van der Waals surface area contributed by atoms with Crippen LogP contribution in [0.25, 0.3) is 0 Å². The van der Waals surface area contributed by atoms with Crippen LogP contribution in [0, 0.1) is 0 Å². The third-order valence-electron chi connectivity index (χ3n) is 5.00. The lowest BCUT2D eigenvalue weighted by Gasteiger charge is -2.36. The summed E-state index contributed by atoms with van der Waals surface area (Å²) in [7, 11) is 0. The SMILES string of the molecule is CC(C)(C)OC(=O)N(CC(=O)N1CCN(CCc2cnccn2)CC1)c1ccccc1. The number of benzene rings is 1. The Hall–Kier alpha value is -3.00. The number of piperazine rings is 1. The number of anilines is 1. The molecule has 0 atom stereocenters. The first-order chi connectivity index (χ1) is 14.8. The summed E-state index contributed by atoms with van der Waals surface area (Å²) >= 11 is 0. The van der Waals surface area contributed by atoms with Crippen molar-refractivity contribution in [3.8, 4) is 0 Å². The molecule has 0 N–H and O–H groups in total. The second-order valence-electron chi connectivity index (χ2n) is 8.57. The maximum absolute atomic E-state index is 13.0. The van der Waals surface area contributed by atoms with E-state index in [1.165, 1.54) is 4.90 Å². The van der Waals surface area contributed by atoms with Gasteiger partial charge in [-0.15, -0.1) is 0 Å². The van der Waals surface area contributed by atoms with E-state index >= 15 is 0 Å². The van der Waals surface area contributed by atoms with Crippen LogP contribution in [0.3, 0.4) is 0 Å². The monoisotopic (exact) mass is 425 g/mol. The molecule has 1 aliphatic heterocycles. The van der Waals surface area contributed by atoms with Crippen molar-refractivity contribution in [3.05, 3.63) is 54.6 Å². The van der Waals surface area contributed by atoms with E-state index in [2.05, 4.69) is 14.9 Å². The zero-order valence-corrected chi connectivity index (χ0v) is 18.5. The lowest BCUT2D eigenvalue weighted by molar-refractivity contribution is -0.131. The van der Waals surface area contributed by atoms with Crippen molar-refractivity contribution in [1.82, 2.24) is 19.8 Å². The molecule has 2 amide bonds. The number of para-hydroxylation sites is 1. The van der Waals surface area contributed by atoms with E-state index in [-0.39, 0.29) is 12.5 Å². The van der Waals surface area contributed by atoms with Crippen LogP contribution in [0.4, 0.5) is 10.5 Å². The number of hydrogen-bond donors (Lipinski definition) is 0. The molecule has 1 saturated heterocycles. The highest BCUT2D eigenvalue weighted by Crippen LogP contribution is 2.18. The first kappa shape index (κ1) is 22.7. The first-order valence-corrected chi connectivity index (χ1v) is 10.6. The molecule has 0 bridgehead atoms. The minimum absolute atomic E-state index is 0.0431. The number of hydrogen-bond acceptors (Lipinski definition) is 6. The van der Waals surface area contributed by atoms with Crippen molar-refractivity contribution in [2.45, 2.75) is 32.8 Å². The molecule has 0 aliphatic carbocycles. The highest BCUT2D eigenvalue weighted by Gasteiger charge is 2.28. The van der Waals surface area contributed by atoms with Gasteiger partial charge in [0.1, 0.15) is 12.1 Å². The molecule has 0 saturated carbocycles. The predicted molar refractivity (Wildman–Crippen MR) is 119 cm³/mol. The molecule has 1 fully saturated rings. The Balaban J connectivity index is 1.55. The second kappa shape index (κ2) is 10.3. The van der Waals surface area contributed by atoms with Gasteiger partial charge >= 0.3 is 6.09 Å². The van der Waals surface area contributed by atoms with Crippen LogP contribution in [-0.4, -0.2) is 76.6 Å². The summed E-state index contributed by atoms with van der Waals surface area (Å²) < 4.78 is 5.53. The minimum Gasteiger partial charge on any atom is -0.443 e. The van der Waals surface area contributed by atoms with Crippen LogP contribution >= 0.6 is 0 Å². The lowest BCUT2D eigenvalue weighted by atomic mass is 10.2. The molecule has 1 aromatic heterocycles. The van der Waals surface area contributed by atoms with Crippen molar-refractivity contribution in [3.63, 3.8) is 0 Å². The molecule has 8 heteroatoms. The predicted octanol–water partition coefficient (Wildman–Crippen LogP) is 2.61. The Morgan fingerprint density at radius 3 is 2.39 bits per heavy atom. The quantitative estimate of drug-likeness (QED) is 0.708. The molecule has 3 rings (SSSR count). The van der Waals surface area contributed by atoms with Gasteiger partial charge in [-0.2, -0.15) is 0 Å². The van der Waals surface area contributed by atoms with Crippen LogP contribution in [-0.2, 0) is 16.0 Å². The zero-order valence-electron chi connectivity index (χ0n) is 18.5. The Morgan fingerprint density at radius 2 is 1.77 bits per heavy atom. The summed E-state index contributed by atoms with van der Waals surface area (Å²) in [6.07, 6.45) is 5.48. The Morgan fingerprint density at radius 1 is 1.06 bits per heavy atom. The van der Waals surface area contributed by atoms with Gasteiger partial charge in [0.2, 0.25) is 5.91 Å². The second-order valence-corrected chi connectivity index (χ2v) is 8.57. The van der Waals surface area contributed by atoms with E-state index in [1.54, 1.807) is 18.6 Å². The van der Waals surface area contributed by atoms with E-state index in [4.69, 9.17) is 4.74 Å². The van der Waals surface area contributed by atoms with E-state index in [1.807, 2.05) is 56.0 Å². The fraction of sp³-hybridized carbons (Fsp3) is 0.478. The van der Waals surface area contributed by atoms with Crippen molar-refractivity contribution in [2.24, 2.45) is 0 Å². The van der Waals surface area contributed by atoms with Crippen LogP contribution in [0.2, 0.25) is 0 Å². The van der Waals surface area contributed by atoms with Crippen molar-refractivity contribution in [2.75, 3.05) is 44.2 Å². The van der Waals surface area contributed by atoms with Gasteiger partial charge in [0, 0.05) is 63.4 Å². The average molecular weight is 426 g/mol. The normalized spacial score (nSPS) is 14.9. The van der Waals surface area contributed by atoms with Crippen molar-refractivity contribution in [1.29, 1.82) is 0 Å². The lowest BCUT2D eigenvalue weighted by Crippen LogP contribution is -2.52. The summed E-state index contributed by atoms with van der Waals surface area (Å²) in [5.74, 6) is -0.0803. The number of aromatic nitrogens is 2. The maximum atomic E-state index is 13.0. The molecule has 0 spiro atoms. The fourth-order valence-corrected chi connectivity index (χ4v) is 3.37. The summed E-state index contributed by atoms with van der Waals surface area (Å²) in [6.45, 7) is 9.15. The van der Waals surface area contributed by atoms with Gasteiger partial charge < -0.3 is 9.64 Å². The standard InChI is InChI=1S/C23H31N5O3/c1-23(2,3)31-22(30)28(20-7-5-4-6-8-20)18-21(29)27-15-13-26(14-16-27)12-9-19-17-24-10-11-25-19/h4-8,10-11,17H,9,12-16,18H2,1-3H3. The summed E-state index contributed by atoms with van der Waals surface area (Å²) in [5, 5.41) is 0. The summed E-state index contributed by atoms with van der Waals surface area (Å²) in [5.41, 5.74) is 0.978. The highest BCUT2D eigenvalue weighted by atomic mass is 16.6. The number of carbonyl (C=O) groups excluding carboxylic acids is 2. The van der Waals surface area contributed by atoms with Crippen molar-refractivity contribution >= 4 is 17.7 Å². The van der Waals surface area contributed by atoms with Gasteiger partial charge in [-0.3, -0.25) is 24.6 Å². The molecular formula is C23H31N5O3. The molecular weight excluding hydrogens is 394 g/mol. The Kier molecular flexibility index (Phi) is 7.57. The molecule has 166 valence electrons. The van der Waals surface area contributed by atoms with E-state index in [0.717, 1.165) is 31.7 Å². The average Bonchev–Trinajstić information content (AvgIpc) is 2.76. The number of ether oxygens (including phenoxy) is 1. The molecule has 2 heterocycles. The molecule has 0 radical (unpaired) electrons. The van der Waals surface area contributed by atoms with E-state index in [0.29, 0.717) is 18.8 Å². The van der Waals surface area contributed by atoms with Crippen LogP contribution in [0.5, 0.6) is 0 Å². The van der Waals surface area contributed by atoms with Gasteiger partial charge in [-0.1, -0.05) is 18.2 Å². The smallest absolute Gasteiger partial charge is 0.415 e. The van der Waals surface area contributed by atoms with E-state index in [9.17, 15) is 9.59 Å². The van der Waals surface area contributed by atoms with Gasteiger partial charge in [-0.05, 0) is 32.9 Å². The van der Waals surface area contributed by atoms with Crippen LogP contribution < -0.4 is 4.90 Å². The molecule has 2 aromatic rings. The topological polar surface area (TPSA) is 78.9 Å². The first-order valence-electron chi connectivity index (χ1n) is 10.6. The Labute approximate surface area is 183 Å². The third-order valence-corrected chi connectivity index (χ3v) is 5.00. The number of amides is 2. The van der Waals surface area contributed by atoms with Crippen LogP contribution in [0.1, 0.15) is 26.5 Å². The molecule has 1 aromatic carbocycles. The number of nitrogens with zero attached hydrogens (tertiary/aromatic N) is 5. The van der Waals surface area contributed by atoms with Gasteiger partial charge in [0.15, 0.2) is 0 Å². The van der Waals surface area contributed by atoms with E-state index < -0.39 is 11.7 Å². The van der Waals surface area contributed by atoms with Crippen LogP contribution in [0.15, 0.2) is 48.9 Å². The maximum Gasteiger partial charge on any atom is 0.415 e. The number of rotatable bonds is 6. The van der Waals surface area contributed by atoms with Gasteiger partial charge in [-0.25, -0.2) is 4.79 Å². The summed E-state index contributed by atoms with van der Waals surface area (Å²) in [6, 6.07) is 9.17. The molecule has 1 aliphatic rings. The largest absolute Gasteiger partial charge is 0.443 e. The fourth-order valence-electron chi connectivity index (χ4n) is 3.37. The molecule has 31 heavy (non-hydrogen) atoms. The number of carbonyl (C=O) groups is 2. The molecule has 0 unspecified atom stereocenters. The van der Waals surface area contributed by atoms with Gasteiger partial charge in [0.25, 0.3) is 0 Å². The highest BCUT2D eigenvalue weighted by molar-refractivity contribution is 5.95. The minimum atomic E-state index is -0.637. The third kappa shape index (κ3) is 7.03. The zero-order chi connectivity index (χ0) is 22.3. The van der Waals surface area contributed by atoms with Crippen molar-refractivity contribution < 1.29 is 14.3 Å². The Bertz CT molecular complexity index is 847. The van der Waals surface area contributed by atoms with Gasteiger partial charge in [0.05, 0.1) is 5.69 Å². The molecule has 8 nitrogen and oxygen atoms in total.